The lowest BCUT2D eigenvalue weighted by Gasteiger charge is -2.44. The van der Waals surface area contributed by atoms with Crippen LogP contribution in [0.25, 0.3) is 0 Å². The molecule has 0 aliphatic carbocycles. The number of aromatic nitrogens is 1. The second-order valence-electron chi connectivity index (χ2n) is 8.31. The third-order valence-electron chi connectivity index (χ3n) is 5.26. The van der Waals surface area contributed by atoms with E-state index in [1.165, 1.54) is 37.4 Å². The summed E-state index contributed by atoms with van der Waals surface area (Å²) in [6.07, 6.45) is -5.00. The van der Waals surface area contributed by atoms with Crippen LogP contribution in [0.2, 0.25) is 0 Å². The number of nitrogens with one attached hydrogen (secondary N) is 1. The molecule has 0 amide bonds. The minimum absolute atomic E-state index is 0.188. The van der Waals surface area contributed by atoms with E-state index in [0.29, 0.717) is 11.1 Å². The van der Waals surface area contributed by atoms with E-state index in [1.54, 1.807) is 0 Å². The van der Waals surface area contributed by atoms with Gasteiger partial charge in [0.15, 0.2) is 29.7 Å². The number of ether oxygens (including phenoxy) is 5. The van der Waals surface area contributed by atoms with Crippen molar-refractivity contribution in [1.82, 2.24) is 4.98 Å². The summed E-state index contributed by atoms with van der Waals surface area (Å²) in [5, 5.41) is 12.1. The van der Waals surface area contributed by atoms with Crippen LogP contribution in [0.1, 0.15) is 48.5 Å². The largest absolute Gasteiger partial charge is 0.463 e. The van der Waals surface area contributed by atoms with Gasteiger partial charge in [-0.15, -0.1) is 0 Å². The summed E-state index contributed by atoms with van der Waals surface area (Å²) in [6, 6.07) is 8.06. The highest BCUT2D eigenvalue weighted by molar-refractivity contribution is 7.17. The van der Waals surface area contributed by atoms with Crippen molar-refractivity contribution < 1.29 is 47.7 Å². The predicted octanol–water partition coefficient (Wildman–Crippen LogP) is 1.74. The van der Waals surface area contributed by atoms with Crippen molar-refractivity contribution in [2.24, 2.45) is 0 Å². The first kappa shape index (κ1) is 29.2. The number of hydrogen-bond donors (Lipinski definition) is 1. The topological polar surface area (TPSA) is 180 Å². The lowest BCUT2D eigenvalue weighted by atomic mass is 9.97. The van der Waals surface area contributed by atoms with Gasteiger partial charge in [-0.25, -0.2) is 4.98 Å². The van der Waals surface area contributed by atoms with Crippen molar-refractivity contribution in [2.45, 2.75) is 58.3 Å². The SMILES string of the molecule is CC(=O)OC[C@H]1O[C@@H](Nc2ncc(C(=O)c3ccc(C#N)cc3)s2)[C@@H](OC(C)=O)[C@@H](OC(C)=O)[C@@H]1OC(C)=O. The lowest BCUT2D eigenvalue weighted by molar-refractivity contribution is -0.247. The van der Waals surface area contributed by atoms with Gasteiger partial charge in [0.25, 0.3) is 0 Å². The number of ketones is 1. The Bertz CT molecular complexity index is 1290. The molecule has 1 fully saturated rings. The summed E-state index contributed by atoms with van der Waals surface area (Å²) in [4.78, 5) is 64.6. The molecule has 0 radical (unpaired) electrons. The summed E-state index contributed by atoms with van der Waals surface area (Å²) in [5.41, 5.74) is 0.748. The molecule has 1 aliphatic heterocycles. The predicted molar refractivity (Wildman–Crippen MR) is 132 cm³/mol. The Balaban J connectivity index is 1.92. The van der Waals surface area contributed by atoms with Gasteiger partial charge in [-0.2, -0.15) is 5.26 Å². The van der Waals surface area contributed by atoms with E-state index in [0.717, 1.165) is 32.1 Å². The number of nitriles is 1. The molecule has 3 rings (SSSR count). The molecule has 14 heteroatoms. The van der Waals surface area contributed by atoms with Crippen LogP contribution < -0.4 is 5.32 Å². The van der Waals surface area contributed by atoms with E-state index in [1.807, 2.05) is 6.07 Å². The number of benzene rings is 1. The Hall–Kier alpha value is -4.35. The minimum Gasteiger partial charge on any atom is -0.463 e. The van der Waals surface area contributed by atoms with Crippen molar-refractivity contribution in [3.8, 4) is 6.07 Å². The summed E-state index contributed by atoms with van der Waals surface area (Å²) < 4.78 is 27.2. The number of esters is 4. The fourth-order valence-corrected chi connectivity index (χ4v) is 4.56. The molecule has 39 heavy (non-hydrogen) atoms. The van der Waals surface area contributed by atoms with Crippen LogP contribution in [0, 0.1) is 11.3 Å². The van der Waals surface area contributed by atoms with Crippen LogP contribution in [0.4, 0.5) is 5.13 Å². The highest BCUT2D eigenvalue weighted by atomic mass is 32.1. The van der Waals surface area contributed by atoms with Crippen LogP contribution in [0.15, 0.2) is 30.5 Å². The highest BCUT2D eigenvalue weighted by Gasteiger charge is 2.52. The molecule has 1 N–H and O–H groups in total. The van der Waals surface area contributed by atoms with Gasteiger partial charge < -0.3 is 29.0 Å². The Morgan fingerprint density at radius 1 is 0.923 bits per heavy atom. The molecule has 0 spiro atoms. The van der Waals surface area contributed by atoms with Crippen LogP contribution in [-0.2, 0) is 42.9 Å². The molecular weight excluding hydrogens is 534 g/mol. The number of rotatable bonds is 9. The Morgan fingerprint density at radius 3 is 2.08 bits per heavy atom. The number of hydrogen-bond acceptors (Lipinski definition) is 14. The fraction of sp³-hybridized carbons (Fsp3) is 0.400. The van der Waals surface area contributed by atoms with Crippen LogP contribution in [0.3, 0.4) is 0 Å². The Morgan fingerprint density at radius 2 is 1.51 bits per heavy atom. The maximum Gasteiger partial charge on any atom is 0.303 e. The van der Waals surface area contributed by atoms with Crippen molar-refractivity contribution in [3.05, 3.63) is 46.5 Å². The van der Waals surface area contributed by atoms with E-state index in [9.17, 15) is 24.0 Å². The molecule has 1 saturated heterocycles. The maximum absolute atomic E-state index is 12.9. The Labute approximate surface area is 226 Å². The molecule has 2 aromatic rings. The van der Waals surface area contributed by atoms with Gasteiger partial charge in [-0.3, -0.25) is 24.0 Å². The number of nitrogens with zero attached hydrogens (tertiary/aromatic N) is 2. The van der Waals surface area contributed by atoms with Crippen LogP contribution in [0.5, 0.6) is 0 Å². The molecule has 1 aromatic heterocycles. The first-order valence-electron chi connectivity index (χ1n) is 11.6. The maximum atomic E-state index is 12.9. The van der Waals surface area contributed by atoms with E-state index in [2.05, 4.69) is 10.3 Å². The first-order valence-corrected chi connectivity index (χ1v) is 12.4. The van der Waals surface area contributed by atoms with Gasteiger partial charge in [-0.1, -0.05) is 11.3 Å². The number of anilines is 1. The zero-order valence-corrected chi connectivity index (χ0v) is 22.2. The van der Waals surface area contributed by atoms with Gasteiger partial charge in [0, 0.05) is 33.3 Å². The van der Waals surface area contributed by atoms with E-state index < -0.39 is 54.5 Å². The highest BCUT2D eigenvalue weighted by Crippen LogP contribution is 2.31. The zero-order valence-electron chi connectivity index (χ0n) is 21.4. The van der Waals surface area contributed by atoms with Crippen LogP contribution >= 0.6 is 11.3 Å². The molecule has 1 aromatic carbocycles. The molecule has 5 atom stereocenters. The van der Waals surface area contributed by atoms with Gasteiger partial charge in [-0.05, 0) is 24.3 Å². The van der Waals surface area contributed by atoms with Crippen molar-refractivity contribution >= 4 is 46.1 Å². The summed E-state index contributed by atoms with van der Waals surface area (Å²) in [7, 11) is 0. The molecule has 1 aliphatic rings. The normalized spacial score (nSPS) is 22.1. The second-order valence-corrected chi connectivity index (χ2v) is 9.34. The summed E-state index contributed by atoms with van der Waals surface area (Å²) in [5.74, 6) is -3.23. The molecule has 0 unspecified atom stereocenters. The third kappa shape index (κ3) is 7.82. The van der Waals surface area contributed by atoms with Crippen molar-refractivity contribution in [3.63, 3.8) is 0 Å². The minimum atomic E-state index is -1.35. The summed E-state index contributed by atoms with van der Waals surface area (Å²) >= 11 is 0.971. The fourth-order valence-electron chi connectivity index (χ4n) is 3.75. The quantitative estimate of drug-likeness (QED) is 0.267. The molecular formula is C25H25N3O10S. The average Bonchev–Trinajstić information content (AvgIpc) is 3.33. The summed E-state index contributed by atoms with van der Waals surface area (Å²) in [6.45, 7) is 4.17. The molecule has 13 nitrogen and oxygen atoms in total. The second kappa shape index (κ2) is 12.9. The molecule has 0 saturated carbocycles. The standard InChI is InChI=1S/C25H25N3O10S/c1-12(29)34-11-18-21(35-13(2)30)22(36-14(3)31)23(37-15(4)32)24(38-18)28-25-27-10-19(39-25)20(33)17-7-5-16(9-26)6-8-17/h5-8,10,18,21-24H,11H2,1-4H3,(H,27,28)/t18-,21-,22+,23+,24-/m1/s1. The van der Waals surface area contributed by atoms with Crippen molar-refractivity contribution in [1.29, 1.82) is 5.26 Å². The van der Waals surface area contributed by atoms with E-state index >= 15 is 0 Å². The number of carbonyl (C=O) groups is 5. The first-order chi connectivity index (χ1) is 18.5. The van der Waals surface area contributed by atoms with E-state index in [-0.39, 0.29) is 22.4 Å². The molecule has 206 valence electrons. The van der Waals surface area contributed by atoms with Gasteiger partial charge >= 0.3 is 23.9 Å². The lowest BCUT2D eigenvalue weighted by Crippen LogP contribution is -2.64. The van der Waals surface area contributed by atoms with E-state index in [4.69, 9.17) is 28.9 Å². The van der Waals surface area contributed by atoms with Crippen molar-refractivity contribution in [2.75, 3.05) is 11.9 Å². The third-order valence-corrected chi connectivity index (χ3v) is 6.19. The van der Waals surface area contributed by atoms with Crippen LogP contribution in [-0.4, -0.2) is 71.9 Å². The Kier molecular flexibility index (Phi) is 9.69. The van der Waals surface area contributed by atoms with Gasteiger partial charge in [0.2, 0.25) is 5.78 Å². The zero-order chi connectivity index (χ0) is 28.7. The average molecular weight is 560 g/mol. The van der Waals surface area contributed by atoms with Gasteiger partial charge in [0.1, 0.15) is 12.7 Å². The van der Waals surface area contributed by atoms with Gasteiger partial charge in [0.05, 0.1) is 22.7 Å². The smallest absolute Gasteiger partial charge is 0.303 e. The molecule has 2 heterocycles. The number of carbonyl (C=O) groups excluding carboxylic acids is 5. The molecule has 0 bridgehead atoms. The number of thiazole rings is 1. The monoisotopic (exact) mass is 559 g/mol.